The summed E-state index contributed by atoms with van der Waals surface area (Å²) in [7, 11) is 1.54. The molecule has 1 heterocycles. The lowest BCUT2D eigenvalue weighted by molar-refractivity contribution is 0.0695. The number of nitrogens with one attached hydrogen (secondary N) is 1. The summed E-state index contributed by atoms with van der Waals surface area (Å²) in [6.45, 7) is 4.08. The zero-order chi connectivity index (χ0) is 12.2. The maximum absolute atomic E-state index is 9.81. The van der Waals surface area contributed by atoms with Gasteiger partial charge < -0.3 is 15.2 Å². The van der Waals surface area contributed by atoms with Crippen LogP contribution in [0.5, 0.6) is 5.88 Å². The van der Waals surface area contributed by atoms with Crippen molar-refractivity contribution in [2.75, 3.05) is 19.0 Å². The largest absolute Gasteiger partial charge is 0.480 e. The lowest BCUT2D eigenvalue weighted by atomic mass is 10.0. The first kappa shape index (κ1) is 13.2. The Balaban J connectivity index is 2.68. The van der Waals surface area contributed by atoms with E-state index in [4.69, 9.17) is 4.74 Å². The molecule has 16 heavy (non-hydrogen) atoms. The van der Waals surface area contributed by atoms with E-state index in [1.165, 1.54) is 0 Å². The van der Waals surface area contributed by atoms with Gasteiger partial charge in [-0.3, -0.25) is 0 Å². The highest BCUT2D eigenvalue weighted by molar-refractivity contribution is 9.10. The number of ether oxygens (including phenoxy) is 1. The molecule has 0 aliphatic heterocycles. The third kappa shape index (κ3) is 3.61. The molecule has 0 radical (unpaired) electrons. The van der Waals surface area contributed by atoms with Gasteiger partial charge >= 0.3 is 0 Å². The molecule has 90 valence electrons. The van der Waals surface area contributed by atoms with Crippen LogP contribution in [0.3, 0.4) is 0 Å². The van der Waals surface area contributed by atoms with E-state index in [1.807, 2.05) is 6.92 Å². The quantitative estimate of drug-likeness (QED) is 0.866. The van der Waals surface area contributed by atoms with E-state index in [9.17, 15) is 5.11 Å². The maximum Gasteiger partial charge on any atom is 0.232 e. The number of hydrogen-bond donors (Lipinski definition) is 2. The molecule has 0 amide bonds. The predicted molar refractivity (Wildman–Crippen MR) is 65.7 cm³/mol. The molecule has 1 unspecified atom stereocenters. The van der Waals surface area contributed by atoms with E-state index < -0.39 is 5.60 Å². The molecule has 1 aromatic heterocycles. The average Bonchev–Trinajstić information content (AvgIpc) is 2.28. The summed E-state index contributed by atoms with van der Waals surface area (Å²) < 4.78 is 5.74. The molecule has 0 fully saturated rings. The number of methoxy groups -OCH3 is 1. The first-order valence-corrected chi connectivity index (χ1v) is 5.80. The highest BCUT2D eigenvalue weighted by Crippen LogP contribution is 2.22. The number of nitrogens with zero attached hydrogens (tertiary/aromatic N) is 2. The fourth-order valence-electron chi connectivity index (χ4n) is 0.974. The van der Waals surface area contributed by atoms with Crippen molar-refractivity contribution < 1.29 is 9.84 Å². The van der Waals surface area contributed by atoms with Gasteiger partial charge in [-0.2, -0.15) is 4.98 Å². The van der Waals surface area contributed by atoms with Crippen LogP contribution in [0.2, 0.25) is 0 Å². The molecule has 0 saturated heterocycles. The van der Waals surface area contributed by atoms with Crippen LogP contribution >= 0.6 is 15.9 Å². The number of halogens is 1. The van der Waals surface area contributed by atoms with Crippen LogP contribution in [0.4, 0.5) is 5.95 Å². The van der Waals surface area contributed by atoms with Crippen LogP contribution in [0, 0.1) is 0 Å². The summed E-state index contributed by atoms with van der Waals surface area (Å²) in [5.41, 5.74) is -0.760. The van der Waals surface area contributed by atoms with Crippen molar-refractivity contribution in [3.05, 3.63) is 10.7 Å². The highest BCUT2D eigenvalue weighted by atomic mass is 79.9. The minimum Gasteiger partial charge on any atom is -0.480 e. The van der Waals surface area contributed by atoms with Crippen LogP contribution < -0.4 is 10.1 Å². The Kier molecular flexibility index (Phi) is 4.49. The van der Waals surface area contributed by atoms with E-state index >= 15 is 0 Å². The fourth-order valence-corrected chi connectivity index (χ4v) is 1.33. The van der Waals surface area contributed by atoms with Crippen LogP contribution in [0.15, 0.2) is 10.7 Å². The Labute approximate surface area is 103 Å². The Morgan fingerprint density at radius 2 is 2.31 bits per heavy atom. The van der Waals surface area contributed by atoms with Gasteiger partial charge in [-0.25, -0.2) is 4.98 Å². The molecular formula is C10H16BrN3O2. The van der Waals surface area contributed by atoms with Gasteiger partial charge in [0.15, 0.2) is 0 Å². The lowest BCUT2D eigenvalue weighted by Gasteiger charge is -2.21. The summed E-state index contributed by atoms with van der Waals surface area (Å²) in [5, 5.41) is 12.8. The summed E-state index contributed by atoms with van der Waals surface area (Å²) in [4.78, 5) is 8.19. The minimum atomic E-state index is -0.760. The van der Waals surface area contributed by atoms with Crippen molar-refractivity contribution in [3.63, 3.8) is 0 Å². The zero-order valence-electron chi connectivity index (χ0n) is 9.62. The molecule has 0 saturated carbocycles. The van der Waals surface area contributed by atoms with Crippen LogP contribution in [-0.4, -0.2) is 34.3 Å². The summed E-state index contributed by atoms with van der Waals surface area (Å²) in [6.07, 6.45) is 2.27. The minimum absolute atomic E-state index is 0.397. The van der Waals surface area contributed by atoms with Crippen molar-refractivity contribution in [1.29, 1.82) is 0 Å². The van der Waals surface area contributed by atoms with Crippen LogP contribution in [0.25, 0.3) is 0 Å². The normalized spacial score (nSPS) is 14.3. The van der Waals surface area contributed by atoms with Gasteiger partial charge in [0, 0.05) is 6.54 Å². The summed E-state index contributed by atoms with van der Waals surface area (Å²) in [5.74, 6) is 0.905. The van der Waals surface area contributed by atoms with Crippen LogP contribution in [0.1, 0.15) is 20.3 Å². The Morgan fingerprint density at radius 3 is 2.88 bits per heavy atom. The average molecular weight is 290 g/mol. The van der Waals surface area contributed by atoms with Gasteiger partial charge in [0.2, 0.25) is 11.8 Å². The van der Waals surface area contributed by atoms with Gasteiger partial charge in [-0.1, -0.05) is 6.92 Å². The highest BCUT2D eigenvalue weighted by Gasteiger charge is 2.17. The molecule has 2 N–H and O–H groups in total. The monoisotopic (exact) mass is 289 g/mol. The van der Waals surface area contributed by atoms with Gasteiger partial charge in [-0.05, 0) is 29.3 Å². The first-order chi connectivity index (χ1) is 7.48. The molecule has 0 aliphatic rings. The van der Waals surface area contributed by atoms with Gasteiger partial charge in [-0.15, -0.1) is 0 Å². The fraction of sp³-hybridized carbons (Fsp3) is 0.600. The maximum atomic E-state index is 9.81. The molecule has 1 atom stereocenters. The van der Waals surface area contributed by atoms with Gasteiger partial charge in [0.25, 0.3) is 0 Å². The second-order valence-electron chi connectivity index (χ2n) is 3.75. The summed E-state index contributed by atoms with van der Waals surface area (Å²) in [6, 6.07) is 0. The Hall–Kier alpha value is -0.880. The molecule has 0 bridgehead atoms. The second-order valence-corrected chi connectivity index (χ2v) is 4.61. The number of rotatable bonds is 5. The number of aromatic nitrogens is 2. The van der Waals surface area contributed by atoms with Crippen molar-refractivity contribution in [1.82, 2.24) is 9.97 Å². The topological polar surface area (TPSA) is 67.3 Å². The molecule has 0 spiro atoms. The zero-order valence-corrected chi connectivity index (χ0v) is 11.2. The molecular weight excluding hydrogens is 274 g/mol. The standard InChI is InChI=1S/C10H16BrN3O2/c1-4-10(2,15)6-13-9-12-5-7(11)8(14-9)16-3/h5,15H,4,6H2,1-3H3,(H,12,13,14). The van der Waals surface area contributed by atoms with E-state index in [0.29, 0.717) is 29.3 Å². The summed E-state index contributed by atoms with van der Waals surface area (Å²) >= 11 is 3.27. The second kappa shape index (κ2) is 5.45. The Morgan fingerprint density at radius 1 is 1.62 bits per heavy atom. The van der Waals surface area contributed by atoms with Crippen molar-refractivity contribution in [2.24, 2.45) is 0 Å². The third-order valence-electron chi connectivity index (χ3n) is 2.29. The van der Waals surface area contributed by atoms with E-state index in [1.54, 1.807) is 20.2 Å². The van der Waals surface area contributed by atoms with Gasteiger partial charge in [0.05, 0.1) is 23.4 Å². The molecule has 0 aromatic carbocycles. The molecule has 5 nitrogen and oxygen atoms in total. The third-order valence-corrected chi connectivity index (χ3v) is 2.84. The smallest absolute Gasteiger partial charge is 0.232 e. The van der Waals surface area contributed by atoms with Crippen molar-refractivity contribution >= 4 is 21.9 Å². The van der Waals surface area contributed by atoms with Crippen molar-refractivity contribution in [3.8, 4) is 5.88 Å². The molecule has 1 aromatic rings. The van der Waals surface area contributed by atoms with E-state index in [0.717, 1.165) is 0 Å². The lowest BCUT2D eigenvalue weighted by Crippen LogP contribution is -2.32. The molecule has 0 aliphatic carbocycles. The van der Waals surface area contributed by atoms with Gasteiger partial charge in [0.1, 0.15) is 0 Å². The Bertz CT molecular complexity index is 358. The number of aliphatic hydroxyl groups is 1. The number of anilines is 1. The predicted octanol–water partition coefficient (Wildman–Crippen LogP) is 1.82. The molecule has 6 heteroatoms. The first-order valence-electron chi connectivity index (χ1n) is 5.01. The van der Waals surface area contributed by atoms with E-state index in [2.05, 4.69) is 31.2 Å². The SMILES string of the molecule is CCC(C)(O)CNc1ncc(Br)c(OC)n1. The van der Waals surface area contributed by atoms with E-state index in [-0.39, 0.29) is 0 Å². The van der Waals surface area contributed by atoms with Crippen molar-refractivity contribution in [2.45, 2.75) is 25.9 Å². The molecule has 1 rings (SSSR count). The number of hydrogen-bond acceptors (Lipinski definition) is 5. The van der Waals surface area contributed by atoms with Crippen LogP contribution in [-0.2, 0) is 0 Å².